The zero-order valence-corrected chi connectivity index (χ0v) is 16.2. The number of halogens is 1. The molecule has 1 aromatic heterocycles. The van der Waals surface area contributed by atoms with Crippen molar-refractivity contribution in [2.24, 2.45) is 0 Å². The summed E-state index contributed by atoms with van der Waals surface area (Å²) in [5.74, 6) is -0.0506. The van der Waals surface area contributed by atoms with Gasteiger partial charge in [-0.25, -0.2) is 0 Å². The van der Waals surface area contributed by atoms with Crippen LogP contribution in [-0.2, 0) is 4.79 Å². The van der Waals surface area contributed by atoms with Crippen molar-refractivity contribution < 1.29 is 19.1 Å². The molecule has 0 aliphatic rings. The van der Waals surface area contributed by atoms with Gasteiger partial charge >= 0.3 is 0 Å². The predicted octanol–water partition coefficient (Wildman–Crippen LogP) is 3.79. The van der Waals surface area contributed by atoms with Gasteiger partial charge in [-0.2, -0.15) is 0 Å². The van der Waals surface area contributed by atoms with Crippen molar-refractivity contribution in [2.45, 2.75) is 13.0 Å². The standard InChI is InChI=1S/C19H17ClN2O4S/c1-11(26-14-9-5-4-8-13(14)25-2)18(23)21-22-19(24)17-16(20)12-7-3-6-10-15(12)27-17/h3-11H,1-2H3,(H,21,23)(H,22,24). The van der Waals surface area contributed by atoms with E-state index in [1.165, 1.54) is 18.4 Å². The molecule has 0 aliphatic carbocycles. The Bertz CT molecular complexity index is 989. The third-order valence-electron chi connectivity index (χ3n) is 3.78. The second kappa shape index (κ2) is 8.28. The lowest BCUT2D eigenvalue weighted by molar-refractivity contribution is -0.128. The molecule has 0 bridgehead atoms. The molecule has 140 valence electrons. The van der Waals surface area contributed by atoms with Crippen molar-refractivity contribution in [3.63, 3.8) is 0 Å². The summed E-state index contributed by atoms with van der Waals surface area (Å²) in [4.78, 5) is 24.9. The second-order valence-corrected chi connectivity index (χ2v) is 7.03. The number of fused-ring (bicyclic) bond motifs is 1. The molecule has 2 aromatic carbocycles. The number of nitrogens with one attached hydrogen (secondary N) is 2. The fraction of sp³-hybridized carbons (Fsp3) is 0.158. The topological polar surface area (TPSA) is 76.7 Å². The Morgan fingerprint density at radius 1 is 1.04 bits per heavy atom. The first-order valence-electron chi connectivity index (χ1n) is 8.08. The molecule has 27 heavy (non-hydrogen) atoms. The summed E-state index contributed by atoms with van der Waals surface area (Å²) < 4.78 is 11.7. The summed E-state index contributed by atoms with van der Waals surface area (Å²) in [6, 6.07) is 14.4. The Morgan fingerprint density at radius 3 is 2.41 bits per heavy atom. The average Bonchev–Trinajstić information content (AvgIpc) is 3.03. The maximum absolute atomic E-state index is 12.4. The molecule has 3 rings (SSSR count). The first kappa shape index (κ1) is 19.0. The van der Waals surface area contributed by atoms with E-state index in [0.717, 1.165) is 10.1 Å². The molecule has 3 aromatic rings. The Morgan fingerprint density at radius 2 is 1.70 bits per heavy atom. The van der Waals surface area contributed by atoms with Gasteiger partial charge in [0.2, 0.25) is 0 Å². The Kier molecular flexibility index (Phi) is 5.83. The van der Waals surface area contributed by atoms with Crippen LogP contribution in [0.25, 0.3) is 10.1 Å². The smallest absolute Gasteiger partial charge is 0.281 e. The van der Waals surface area contributed by atoms with Crippen LogP contribution in [0.5, 0.6) is 11.5 Å². The monoisotopic (exact) mass is 404 g/mol. The molecule has 0 spiro atoms. The molecule has 2 amide bonds. The minimum atomic E-state index is -0.848. The fourth-order valence-corrected chi connectivity index (χ4v) is 3.81. The van der Waals surface area contributed by atoms with Gasteiger partial charge in [0.1, 0.15) is 4.88 Å². The van der Waals surface area contributed by atoms with E-state index in [9.17, 15) is 9.59 Å². The van der Waals surface area contributed by atoms with Crippen molar-refractivity contribution in [3.05, 3.63) is 58.4 Å². The summed E-state index contributed by atoms with van der Waals surface area (Å²) in [7, 11) is 1.52. The molecule has 0 saturated heterocycles. The van der Waals surface area contributed by atoms with Crippen LogP contribution < -0.4 is 20.3 Å². The number of carbonyl (C=O) groups is 2. The fourth-order valence-electron chi connectivity index (χ4n) is 2.40. The number of amides is 2. The molecule has 0 aliphatic heterocycles. The number of rotatable bonds is 5. The first-order valence-corrected chi connectivity index (χ1v) is 9.27. The van der Waals surface area contributed by atoms with E-state index in [4.69, 9.17) is 21.1 Å². The SMILES string of the molecule is COc1ccccc1OC(C)C(=O)NNC(=O)c1sc2ccccc2c1Cl. The highest BCUT2D eigenvalue weighted by molar-refractivity contribution is 7.21. The second-order valence-electron chi connectivity index (χ2n) is 5.60. The van der Waals surface area contributed by atoms with Crippen LogP contribution in [0.1, 0.15) is 16.6 Å². The normalized spacial score (nSPS) is 11.7. The number of benzene rings is 2. The van der Waals surface area contributed by atoms with Gasteiger partial charge in [0.15, 0.2) is 17.6 Å². The number of hydrogen-bond acceptors (Lipinski definition) is 5. The molecule has 2 N–H and O–H groups in total. The Hall–Kier alpha value is -2.77. The number of hydrogen-bond donors (Lipinski definition) is 2. The number of methoxy groups -OCH3 is 1. The van der Waals surface area contributed by atoms with E-state index in [0.29, 0.717) is 21.4 Å². The lowest BCUT2D eigenvalue weighted by Gasteiger charge is -2.16. The molecular formula is C19H17ClN2O4S. The molecule has 8 heteroatoms. The predicted molar refractivity (Wildman–Crippen MR) is 106 cm³/mol. The summed E-state index contributed by atoms with van der Waals surface area (Å²) in [5, 5.41) is 1.16. The maximum Gasteiger partial charge on any atom is 0.281 e. The van der Waals surface area contributed by atoms with Crippen molar-refractivity contribution in [3.8, 4) is 11.5 Å². The zero-order valence-electron chi connectivity index (χ0n) is 14.6. The molecule has 6 nitrogen and oxygen atoms in total. The zero-order chi connectivity index (χ0) is 19.4. The summed E-state index contributed by atoms with van der Waals surface area (Å²) in [6.07, 6.45) is -0.848. The number of thiophene rings is 1. The molecule has 0 saturated carbocycles. The molecule has 1 heterocycles. The van der Waals surface area contributed by atoms with Gasteiger partial charge < -0.3 is 9.47 Å². The lowest BCUT2D eigenvalue weighted by Crippen LogP contribution is -2.47. The van der Waals surface area contributed by atoms with Crippen molar-refractivity contribution in [2.75, 3.05) is 7.11 Å². The van der Waals surface area contributed by atoms with E-state index in [-0.39, 0.29) is 0 Å². The number of hydrazine groups is 1. The third-order valence-corrected chi connectivity index (χ3v) is 5.46. The van der Waals surface area contributed by atoms with Crippen LogP contribution in [0, 0.1) is 0 Å². The van der Waals surface area contributed by atoms with Gasteiger partial charge in [0.25, 0.3) is 11.8 Å². The Labute approximate surface area is 165 Å². The number of carbonyl (C=O) groups excluding carboxylic acids is 2. The van der Waals surface area contributed by atoms with Crippen LogP contribution in [-0.4, -0.2) is 25.0 Å². The highest BCUT2D eigenvalue weighted by Crippen LogP contribution is 2.34. The highest BCUT2D eigenvalue weighted by Gasteiger charge is 2.20. The Balaban J connectivity index is 1.62. The summed E-state index contributed by atoms with van der Waals surface area (Å²) in [6.45, 7) is 1.57. The third kappa shape index (κ3) is 4.15. The van der Waals surface area contributed by atoms with Crippen LogP contribution in [0.15, 0.2) is 48.5 Å². The van der Waals surface area contributed by atoms with Gasteiger partial charge in [-0.1, -0.05) is 41.9 Å². The quantitative estimate of drug-likeness (QED) is 0.634. The van der Waals surface area contributed by atoms with Gasteiger partial charge in [-0.3, -0.25) is 20.4 Å². The van der Waals surface area contributed by atoms with Crippen LogP contribution >= 0.6 is 22.9 Å². The lowest BCUT2D eigenvalue weighted by atomic mass is 10.2. The van der Waals surface area contributed by atoms with E-state index < -0.39 is 17.9 Å². The van der Waals surface area contributed by atoms with E-state index >= 15 is 0 Å². The molecule has 1 unspecified atom stereocenters. The van der Waals surface area contributed by atoms with Crippen molar-refractivity contribution >= 4 is 44.8 Å². The maximum atomic E-state index is 12.4. The van der Waals surface area contributed by atoms with Crippen LogP contribution in [0.2, 0.25) is 5.02 Å². The molecular weight excluding hydrogens is 388 g/mol. The molecule has 0 fully saturated rings. The van der Waals surface area contributed by atoms with Gasteiger partial charge in [-0.05, 0) is 25.1 Å². The van der Waals surface area contributed by atoms with Crippen molar-refractivity contribution in [1.29, 1.82) is 0 Å². The van der Waals surface area contributed by atoms with E-state index in [1.807, 2.05) is 24.3 Å². The van der Waals surface area contributed by atoms with Gasteiger partial charge in [-0.15, -0.1) is 11.3 Å². The largest absolute Gasteiger partial charge is 0.493 e. The minimum Gasteiger partial charge on any atom is -0.493 e. The van der Waals surface area contributed by atoms with Crippen LogP contribution in [0.3, 0.4) is 0 Å². The molecule has 0 radical (unpaired) electrons. The van der Waals surface area contributed by atoms with Crippen LogP contribution in [0.4, 0.5) is 0 Å². The first-order chi connectivity index (χ1) is 13.0. The summed E-state index contributed by atoms with van der Waals surface area (Å²) >= 11 is 7.53. The number of para-hydroxylation sites is 2. The average molecular weight is 405 g/mol. The van der Waals surface area contributed by atoms with Crippen molar-refractivity contribution in [1.82, 2.24) is 10.9 Å². The number of ether oxygens (including phenoxy) is 2. The molecule has 1 atom stereocenters. The van der Waals surface area contributed by atoms with E-state index in [2.05, 4.69) is 10.9 Å². The minimum absolute atomic E-state index is 0.330. The highest BCUT2D eigenvalue weighted by atomic mass is 35.5. The van der Waals surface area contributed by atoms with Gasteiger partial charge in [0.05, 0.1) is 12.1 Å². The van der Waals surface area contributed by atoms with E-state index in [1.54, 1.807) is 31.2 Å². The summed E-state index contributed by atoms with van der Waals surface area (Å²) in [5.41, 5.74) is 4.73. The van der Waals surface area contributed by atoms with Gasteiger partial charge in [0, 0.05) is 10.1 Å².